The molecule has 33 heavy (non-hydrogen) atoms. The number of aromatic amines is 1. The summed E-state index contributed by atoms with van der Waals surface area (Å²) in [4.78, 5) is 13.5. The highest BCUT2D eigenvalue weighted by Gasteiger charge is 2.10. The van der Waals surface area contributed by atoms with E-state index >= 15 is 0 Å². The summed E-state index contributed by atoms with van der Waals surface area (Å²) in [7, 11) is 0. The molecule has 0 aliphatic rings. The van der Waals surface area contributed by atoms with E-state index in [4.69, 9.17) is 4.74 Å². The maximum Gasteiger partial charge on any atom is 0.289 e. The zero-order valence-electron chi connectivity index (χ0n) is 19.3. The second kappa shape index (κ2) is 13.5. The molecule has 0 aliphatic heterocycles. The van der Waals surface area contributed by atoms with Crippen molar-refractivity contribution in [2.24, 2.45) is 5.10 Å². The molecule has 6 nitrogen and oxygen atoms in total. The van der Waals surface area contributed by atoms with Crippen molar-refractivity contribution in [2.75, 3.05) is 12.9 Å². The first kappa shape index (κ1) is 24.6. The van der Waals surface area contributed by atoms with Gasteiger partial charge in [-0.3, -0.25) is 9.89 Å². The molecule has 0 atom stereocenters. The van der Waals surface area contributed by atoms with Crippen molar-refractivity contribution < 1.29 is 9.53 Å². The number of benzene rings is 2. The Hall–Kier alpha value is -3.06. The van der Waals surface area contributed by atoms with Crippen molar-refractivity contribution in [3.05, 3.63) is 65.9 Å². The topological polar surface area (TPSA) is 79.4 Å². The summed E-state index contributed by atoms with van der Waals surface area (Å²) in [5.41, 5.74) is 5.40. The predicted molar refractivity (Wildman–Crippen MR) is 136 cm³/mol. The summed E-state index contributed by atoms with van der Waals surface area (Å²) < 4.78 is 5.83. The number of nitrogens with one attached hydrogen (secondary N) is 2. The maximum atomic E-state index is 12.3. The molecule has 0 bridgehead atoms. The minimum atomic E-state index is -0.343. The molecule has 1 aromatic heterocycles. The quantitative estimate of drug-likeness (QED) is 0.135. The van der Waals surface area contributed by atoms with E-state index in [0.29, 0.717) is 11.4 Å². The second-order valence-corrected chi connectivity index (χ2v) is 8.66. The third-order valence-corrected chi connectivity index (χ3v) is 5.98. The number of carbonyl (C=O) groups excluding carboxylic acids is 1. The van der Waals surface area contributed by atoms with Crippen LogP contribution in [0.5, 0.6) is 5.75 Å². The van der Waals surface area contributed by atoms with Gasteiger partial charge in [0.25, 0.3) is 5.91 Å². The van der Waals surface area contributed by atoms with Crippen LogP contribution in [-0.2, 0) is 0 Å². The molecule has 3 rings (SSSR count). The van der Waals surface area contributed by atoms with E-state index in [1.807, 2.05) is 54.8 Å². The summed E-state index contributed by atoms with van der Waals surface area (Å²) in [6, 6.07) is 17.4. The molecular formula is C26H32N4O2S. The lowest BCUT2D eigenvalue weighted by atomic mass is 10.1. The van der Waals surface area contributed by atoms with Crippen LogP contribution in [0.2, 0.25) is 0 Å². The van der Waals surface area contributed by atoms with Crippen LogP contribution in [-0.4, -0.2) is 35.2 Å². The van der Waals surface area contributed by atoms with E-state index in [0.717, 1.165) is 29.9 Å². The van der Waals surface area contributed by atoms with E-state index in [-0.39, 0.29) is 5.91 Å². The monoisotopic (exact) mass is 464 g/mol. The van der Waals surface area contributed by atoms with Crippen LogP contribution in [0.4, 0.5) is 0 Å². The molecule has 0 saturated carbocycles. The van der Waals surface area contributed by atoms with Crippen LogP contribution in [0.1, 0.15) is 61.5 Å². The highest BCUT2D eigenvalue weighted by molar-refractivity contribution is 7.98. The Bertz CT molecular complexity index is 1010. The Labute approximate surface area is 200 Å². The van der Waals surface area contributed by atoms with Gasteiger partial charge in [-0.25, -0.2) is 5.43 Å². The van der Waals surface area contributed by atoms with Crippen molar-refractivity contribution in [2.45, 2.75) is 50.3 Å². The number of amides is 1. The fraction of sp³-hybridized carbons (Fsp3) is 0.346. The molecule has 0 fully saturated rings. The molecule has 0 radical (unpaired) electrons. The summed E-state index contributed by atoms with van der Waals surface area (Å²) in [6.45, 7) is 2.97. The van der Waals surface area contributed by atoms with E-state index < -0.39 is 0 Å². The largest absolute Gasteiger partial charge is 0.494 e. The third-order valence-electron chi connectivity index (χ3n) is 5.23. The lowest BCUT2D eigenvalue weighted by Crippen LogP contribution is -2.17. The van der Waals surface area contributed by atoms with Gasteiger partial charge in [-0.05, 0) is 60.7 Å². The average molecular weight is 465 g/mol. The van der Waals surface area contributed by atoms with Gasteiger partial charge < -0.3 is 4.74 Å². The summed E-state index contributed by atoms with van der Waals surface area (Å²) in [6.07, 6.45) is 11.1. The Balaban J connectivity index is 1.45. The van der Waals surface area contributed by atoms with Crippen LogP contribution >= 0.6 is 11.8 Å². The number of thioether (sulfide) groups is 1. The number of H-pyrrole nitrogens is 1. The number of ether oxygens (including phenoxy) is 1. The zero-order valence-corrected chi connectivity index (χ0v) is 20.2. The van der Waals surface area contributed by atoms with Gasteiger partial charge in [-0.1, -0.05) is 51.2 Å². The van der Waals surface area contributed by atoms with Crippen LogP contribution in [0, 0.1) is 0 Å². The van der Waals surface area contributed by atoms with E-state index in [1.165, 1.54) is 37.0 Å². The highest BCUT2D eigenvalue weighted by atomic mass is 32.2. The minimum Gasteiger partial charge on any atom is -0.494 e. The summed E-state index contributed by atoms with van der Waals surface area (Å²) in [5, 5.41) is 11.1. The van der Waals surface area contributed by atoms with E-state index in [9.17, 15) is 4.79 Å². The molecule has 0 saturated heterocycles. The Morgan fingerprint density at radius 3 is 2.52 bits per heavy atom. The number of aromatic nitrogens is 2. The van der Waals surface area contributed by atoms with Gasteiger partial charge in [0.15, 0.2) is 0 Å². The van der Waals surface area contributed by atoms with Crippen molar-refractivity contribution in [3.63, 3.8) is 0 Å². The maximum absolute atomic E-state index is 12.3. The molecule has 7 heteroatoms. The number of unbranched alkanes of at least 4 members (excludes halogenated alkanes) is 5. The molecule has 2 N–H and O–H groups in total. The molecule has 0 unspecified atom stereocenters. The molecule has 1 amide bonds. The standard InChI is InChI=1S/C26H32N4O2S/c1-3-4-5-6-7-8-17-32-22-13-11-21(12-14-22)24-18-25(29-28-24)26(31)30-27-19-20-9-15-23(33-2)16-10-20/h9-16,18-19H,3-8,17H2,1-2H3,(H,28,29)(H,30,31)/b27-19-. The SMILES string of the molecule is CCCCCCCCOc1ccc(-c2cc(C(=O)N/N=C\c3ccc(SC)cc3)[nH]n2)cc1. The Morgan fingerprint density at radius 2 is 1.79 bits per heavy atom. The lowest BCUT2D eigenvalue weighted by Gasteiger charge is -2.06. The summed E-state index contributed by atoms with van der Waals surface area (Å²) >= 11 is 1.68. The first-order chi connectivity index (χ1) is 16.2. The number of hydrogen-bond acceptors (Lipinski definition) is 5. The van der Waals surface area contributed by atoms with Gasteiger partial charge in [-0.2, -0.15) is 10.2 Å². The third kappa shape index (κ3) is 8.09. The fourth-order valence-corrected chi connectivity index (χ4v) is 3.70. The number of rotatable bonds is 13. The Kier molecular flexibility index (Phi) is 10.0. The molecular weight excluding hydrogens is 432 g/mol. The van der Waals surface area contributed by atoms with Gasteiger partial charge in [-0.15, -0.1) is 11.8 Å². The fourth-order valence-electron chi connectivity index (χ4n) is 3.30. The van der Waals surface area contributed by atoms with Crippen molar-refractivity contribution in [1.82, 2.24) is 15.6 Å². The molecule has 1 heterocycles. The Morgan fingerprint density at radius 1 is 1.06 bits per heavy atom. The van der Waals surface area contributed by atoms with Crippen LogP contribution in [0.25, 0.3) is 11.3 Å². The molecule has 0 aliphatic carbocycles. The first-order valence-corrected chi connectivity index (χ1v) is 12.7. The molecule has 2 aromatic carbocycles. The second-order valence-electron chi connectivity index (χ2n) is 7.78. The molecule has 0 spiro atoms. The molecule has 174 valence electrons. The summed E-state index contributed by atoms with van der Waals surface area (Å²) in [5.74, 6) is 0.505. The minimum absolute atomic E-state index is 0.343. The van der Waals surface area contributed by atoms with Crippen molar-refractivity contribution in [1.29, 1.82) is 0 Å². The van der Waals surface area contributed by atoms with E-state index in [1.54, 1.807) is 24.0 Å². The van der Waals surface area contributed by atoms with Gasteiger partial charge in [0, 0.05) is 10.5 Å². The predicted octanol–water partition coefficient (Wildman–Crippen LogP) is 6.30. The van der Waals surface area contributed by atoms with Gasteiger partial charge >= 0.3 is 0 Å². The first-order valence-electron chi connectivity index (χ1n) is 11.5. The van der Waals surface area contributed by atoms with Crippen molar-refractivity contribution in [3.8, 4) is 17.0 Å². The van der Waals surface area contributed by atoms with Gasteiger partial charge in [0.05, 0.1) is 18.5 Å². The van der Waals surface area contributed by atoms with Gasteiger partial charge in [0.1, 0.15) is 11.4 Å². The van der Waals surface area contributed by atoms with Crippen LogP contribution in [0.3, 0.4) is 0 Å². The van der Waals surface area contributed by atoms with Crippen molar-refractivity contribution >= 4 is 23.9 Å². The normalized spacial score (nSPS) is 11.1. The number of nitrogens with zero attached hydrogens (tertiary/aromatic N) is 2. The van der Waals surface area contributed by atoms with Crippen LogP contribution < -0.4 is 10.2 Å². The number of hydrazone groups is 1. The number of hydrogen-bond donors (Lipinski definition) is 2. The van der Waals surface area contributed by atoms with Crippen LogP contribution in [0.15, 0.2) is 64.6 Å². The van der Waals surface area contributed by atoms with E-state index in [2.05, 4.69) is 27.6 Å². The van der Waals surface area contributed by atoms with Gasteiger partial charge in [0.2, 0.25) is 0 Å². The molecule has 3 aromatic rings. The zero-order chi connectivity index (χ0) is 23.3. The number of carbonyl (C=O) groups is 1. The highest BCUT2D eigenvalue weighted by Crippen LogP contribution is 2.22. The average Bonchev–Trinajstić information content (AvgIpc) is 3.35. The lowest BCUT2D eigenvalue weighted by molar-refractivity contribution is 0.0950. The smallest absolute Gasteiger partial charge is 0.289 e.